The van der Waals surface area contributed by atoms with Gasteiger partial charge in [0.05, 0.1) is 11.5 Å². The number of hydrogen-bond acceptors (Lipinski definition) is 5. The summed E-state index contributed by atoms with van der Waals surface area (Å²) >= 11 is 1.83. The molecule has 0 aromatic carbocycles. The number of sulfone groups is 1. The lowest BCUT2D eigenvalue weighted by Gasteiger charge is -2.32. The van der Waals surface area contributed by atoms with Crippen LogP contribution in [0.2, 0.25) is 0 Å². The highest BCUT2D eigenvalue weighted by atomic mass is 32.2. The number of nitrogens with zero attached hydrogens (tertiary/aromatic N) is 2. The van der Waals surface area contributed by atoms with Gasteiger partial charge >= 0.3 is 0 Å². The van der Waals surface area contributed by atoms with Gasteiger partial charge in [0.1, 0.15) is 0 Å². The molecule has 0 radical (unpaired) electrons. The Bertz CT molecular complexity index is 665. The maximum atomic E-state index is 11.6. The van der Waals surface area contributed by atoms with Crippen LogP contribution >= 0.6 is 11.3 Å². The van der Waals surface area contributed by atoms with Crippen molar-refractivity contribution >= 4 is 27.1 Å². The van der Waals surface area contributed by atoms with E-state index in [-0.39, 0.29) is 17.5 Å². The van der Waals surface area contributed by atoms with Crippen molar-refractivity contribution in [2.24, 2.45) is 10.9 Å². The molecule has 0 bridgehead atoms. The lowest BCUT2D eigenvalue weighted by Crippen LogP contribution is -2.46. The third-order valence-corrected chi connectivity index (χ3v) is 7.65. The molecule has 2 aliphatic rings. The molecule has 8 heteroatoms. The zero-order valence-electron chi connectivity index (χ0n) is 14.8. The predicted molar refractivity (Wildman–Crippen MR) is 104 cm³/mol. The molecule has 2 aliphatic heterocycles. The van der Waals surface area contributed by atoms with Gasteiger partial charge in [-0.1, -0.05) is 6.07 Å². The fraction of sp³-hybridized carbons (Fsp3) is 0.706. The van der Waals surface area contributed by atoms with E-state index >= 15 is 0 Å². The molecule has 2 N–H and O–H groups in total. The van der Waals surface area contributed by atoms with Gasteiger partial charge in [-0.2, -0.15) is 0 Å². The van der Waals surface area contributed by atoms with E-state index in [1.54, 1.807) is 7.05 Å². The van der Waals surface area contributed by atoms with Crippen molar-refractivity contribution in [1.82, 2.24) is 15.5 Å². The normalized spacial score (nSPS) is 25.2. The van der Waals surface area contributed by atoms with Crippen LogP contribution in [0.1, 0.15) is 24.1 Å². The van der Waals surface area contributed by atoms with E-state index in [1.807, 2.05) is 11.3 Å². The maximum absolute atomic E-state index is 11.6. The molecule has 6 nitrogen and oxygen atoms in total. The zero-order valence-corrected chi connectivity index (χ0v) is 16.4. The molecule has 0 amide bonds. The second kappa shape index (κ2) is 8.51. The summed E-state index contributed by atoms with van der Waals surface area (Å²) in [4.78, 5) is 8.20. The molecule has 1 aromatic rings. The van der Waals surface area contributed by atoms with Gasteiger partial charge in [0.25, 0.3) is 0 Å². The molecule has 140 valence electrons. The van der Waals surface area contributed by atoms with Crippen molar-refractivity contribution < 1.29 is 8.42 Å². The van der Waals surface area contributed by atoms with Crippen molar-refractivity contribution in [1.29, 1.82) is 0 Å². The maximum Gasteiger partial charge on any atom is 0.191 e. The quantitative estimate of drug-likeness (QED) is 0.592. The van der Waals surface area contributed by atoms with Crippen LogP contribution < -0.4 is 10.6 Å². The molecule has 1 aromatic heterocycles. The number of piperidine rings is 1. The second-order valence-electron chi connectivity index (χ2n) is 7.00. The first kappa shape index (κ1) is 18.7. The summed E-state index contributed by atoms with van der Waals surface area (Å²) in [5.41, 5.74) is 0. The van der Waals surface area contributed by atoms with Crippen LogP contribution in [-0.2, 0) is 16.4 Å². The molecule has 2 saturated heterocycles. The molecule has 2 fully saturated rings. The monoisotopic (exact) mass is 384 g/mol. The third-order valence-electron chi connectivity index (χ3n) is 5.02. The van der Waals surface area contributed by atoms with E-state index in [4.69, 9.17) is 0 Å². The summed E-state index contributed by atoms with van der Waals surface area (Å²) in [5, 5.41) is 8.77. The van der Waals surface area contributed by atoms with Gasteiger partial charge in [-0.25, -0.2) is 8.42 Å². The first-order valence-corrected chi connectivity index (χ1v) is 11.7. The first-order chi connectivity index (χ1) is 12.0. The van der Waals surface area contributed by atoms with Crippen molar-refractivity contribution in [3.05, 3.63) is 22.4 Å². The Kier molecular flexibility index (Phi) is 6.35. The van der Waals surface area contributed by atoms with Crippen LogP contribution in [0.4, 0.5) is 0 Å². The van der Waals surface area contributed by atoms with Crippen LogP contribution in [0.5, 0.6) is 0 Å². The number of guanidine groups is 1. The van der Waals surface area contributed by atoms with Gasteiger partial charge in [0.15, 0.2) is 15.8 Å². The van der Waals surface area contributed by atoms with E-state index < -0.39 is 9.84 Å². The molecule has 1 unspecified atom stereocenters. The standard InChI is InChI=1S/C17H28N4O2S2/c1-18-17(20-15-6-10-25(22,23)13-15)19-11-14-4-7-21(8-5-14)12-16-3-2-9-24-16/h2-3,9,14-15H,4-8,10-13H2,1H3,(H2,18,19,20). The minimum atomic E-state index is -2.86. The Hall–Kier alpha value is -1.12. The van der Waals surface area contributed by atoms with E-state index in [0.29, 0.717) is 12.3 Å². The highest BCUT2D eigenvalue weighted by Gasteiger charge is 2.28. The molecule has 0 spiro atoms. The summed E-state index contributed by atoms with van der Waals surface area (Å²) in [6, 6.07) is 4.31. The van der Waals surface area contributed by atoms with Crippen LogP contribution in [0.15, 0.2) is 22.5 Å². The number of thiophene rings is 1. The lowest BCUT2D eigenvalue weighted by molar-refractivity contribution is 0.179. The predicted octanol–water partition coefficient (Wildman–Crippen LogP) is 1.31. The van der Waals surface area contributed by atoms with Crippen LogP contribution in [0.25, 0.3) is 0 Å². The van der Waals surface area contributed by atoms with Gasteiger partial charge in [-0.15, -0.1) is 11.3 Å². The Morgan fingerprint density at radius 3 is 2.76 bits per heavy atom. The third kappa shape index (κ3) is 5.69. The molecule has 25 heavy (non-hydrogen) atoms. The molecule has 3 rings (SSSR count). The lowest BCUT2D eigenvalue weighted by atomic mass is 9.97. The highest BCUT2D eigenvalue weighted by molar-refractivity contribution is 7.91. The van der Waals surface area contributed by atoms with Gasteiger partial charge < -0.3 is 10.6 Å². The minimum Gasteiger partial charge on any atom is -0.356 e. The summed E-state index contributed by atoms with van der Waals surface area (Å²) < 4.78 is 23.1. The second-order valence-corrected chi connectivity index (χ2v) is 10.3. The Morgan fingerprint density at radius 1 is 1.36 bits per heavy atom. The van der Waals surface area contributed by atoms with E-state index in [0.717, 1.165) is 32.1 Å². The summed E-state index contributed by atoms with van der Waals surface area (Å²) in [5.74, 6) is 1.87. The van der Waals surface area contributed by atoms with Gasteiger partial charge in [-0.05, 0) is 49.7 Å². The largest absolute Gasteiger partial charge is 0.356 e. The molecule has 0 aliphatic carbocycles. The SMILES string of the molecule is CN=C(NCC1CCN(Cc2cccs2)CC1)NC1CCS(=O)(=O)C1. The zero-order chi connectivity index (χ0) is 17.7. The van der Waals surface area contributed by atoms with Gasteiger partial charge in [-0.3, -0.25) is 9.89 Å². The van der Waals surface area contributed by atoms with Crippen molar-refractivity contribution in [3.8, 4) is 0 Å². The van der Waals surface area contributed by atoms with Crippen molar-refractivity contribution in [2.75, 3.05) is 38.2 Å². The number of likely N-dealkylation sites (tertiary alicyclic amines) is 1. The molecule has 0 saturated carbocycles. The van der Waals surface area contributed by atoms with Gasteiger partial charge in [0, 0.05) is 31.1 Å². The summed E-state index contributed by atoms with van der Waals surface area (Å²) in [6.07, 6.45) is 3.05. The molecule has 1 atom stereocenters. The van der Waals surface area contributed by atoms with Crippen LogP contribution in [0.3, 0.4) is 0 Å². The number of nitrogens with one attached hydrogen (secondary N) is 2. The van der Waals surface area contributed by atoms with Gasteiger partial charge in [0.2, 0.25) is 0 Å². The van der Waals surface area contributed by atoms with E-state index in [1.165, 1.54) is 17.7 Å². The highest BCUT2D eigenvalue weighted by Crippen LogP contribution is 2.20. The molecule has 3 heterocycles. The fourth-order valence-electron chi connectivity index (χ4n) is 3.51. The summed E-state index contributed by atoms with van der Waals surface area (Å²) in [7, 11) is -1.12. The van der Waals surface area contributed by atoms with Crippen LogP contribution in [0, 0.1) is 5.92 Å². The summed E-state index contributed by atoms with van der Waals surface area (Å²) in [6.45, 7) is 4.23. The van der Waals surface area contributed by atoms with E-state index in [9.17, 15) is 8.42 Å². The smallest absolute Gasteiger partial charge is 0.191 e. The number of aliphatic imine (C=N–C) groups is 1. The minimum absolute atomic E-state index is 0.0103. The van der Waals surface area contributed by atoms with Crippen LogP contribution in [-0.4, -0.2) is 63.5 Å². The number of rotatable bonds is 5. The first-order valence-electron chi connectivity index (χ1n) is 8.96. The molecular weight excluding hydrogens is 356 g/mol. The number of hydrogen-bond donors (Lipinski definition) is 2. The Labute approximate surface area is 154 Å². The van der Waals surface area contributed by atoms with Crippen molar-refractivity contribution in [2.45, 2.75) is 31.8 Å². The Morgan fingerprint density at radius 2 is 2.16 bits per heavy atom. The average molecular weight is 385 g/mol. The van der Waals surface area contributed by atoms with Crippen molar-refractivity contribution in [3.63, 3.8) is 0 Å². The fourth-order valence-corrected chi connectivity index (χ4v) is 5.93. The topological polar surface area (TPSA) is 73.8 Å². The Balaban J connectivity index is 1.37. The van der Waals surface area contributed by atoms with E-state index in [2.05, 4.69) is 38.0 Å². The average Bonchev–Trinajstić information content (AvgIpc) is 3.22. The molecular formula is C17H28N4O2S2.